The third kappa shape index (κ3) is 4.48. The van der Waals surface area contributed by atoms with Crippen molar-refractivity contribution in [1.82, 2.24) is 5.32 Å². The van der Waals surface area contributed by atoms with E-state index >= 15 is 0 Å². The second kappa shape index (κ2) is 6.86. The Kier molecular flexibility index (Phi) is 5.28. The molecule has 0 atom stereocenters. The van der Waals surface area contributed by atoms with Gasteiger partial charge in [-0.25, -0.2) is 0 Å². The minimum absolute atomic E-state index is 0.638. The smallest absolute Gasteiger partial charge is 0.120 e. The molecule has 0 unspecified atom stereocenters. The van der Waals surface area contributed by atoms with Crippen LogP contribution in [0.2, 0.25) is 0 Å². The van der Waals surface area contributed by atoms with Crippen LogP contribution in [0.3, 0.4) is 0 Å². The predicted octanol–water partition coefficient (Wildman–Crippen LogP) is 1.94. The fourth-order valence-electron chi connectivity index (χ4n) is 1.22. The summed E-state index contributed by atoms with van der Waals surface area (Å²) in [7, 11) is 0. The molecule has 0 aliphatic carbocycles. The lowest BCUT2D eigenvalue weighted by Gasteiger charge is -2.06. The second-order valence-corrected chi connectivity index (χ2v) is 3.20. The second-order valence-electron chi connectivity index (χ2n) is 3.20. The zero-order valence-corrected chi connectivity index (χ0v) is 8.99. The Morgan fingerprint density at radius 2 is 2.33 bits per heavy atom. The Bertz CT molecular complexity index is 331. The zero-order chi connectivity index (χ0) is 10.9. The van der Waals surface area contributed by atoms with Gasteiger partial charge in [0.2, 0.25) is 0 Å². The Labute approximate surface area is 90.7 Å². The highest BCUT2D eigenvalue weighted by atomic mass is 16.5. The van der Waals surface area contributed by atoms with E-state index in [4.69, 9.17) is 10.00 Å². The van der Waals surface area contributed by atoms with Gasteiger partial charge in [-0.3, -0.25) is 0 Å². The molecule has 1 rings (SSSR count). The largest absolute Gasteiger partial charge is 0.494 e. The average Bonchev–Trinajstić information content (AvgIpc) is 2.29. The maximum absolute atomic E-state index is 8.69. The Morgan fingerprint density at radius 1 is 1.47 bits per heavy atom. The minimum Gasteiger partial charge on any atom is -0.494 e. The summed E-state index contributed by atoms with van der Waals surface area (Å²) in [5.74, 6) is 0.769. The molecule has 0 spiro atoms. The molecule has 0 saturated carbocycles. The van der Waals surface area contributed by atoms with Crippen molar-refractivity contribution in [3.05, 3.63) is 29.8 Å². The van der Waals surface area contributed by atoms with Crippen LogP contribution in [0.15, 0.2) is 24.3 Å². The SMILES string of the molecule is CCNCCCOc1cccc(C#N)c1. The Balaban J connectivity index is 2.28. The van der Waals surface area contributed by atoms with E-state index in [1.54, 1.807) is 12.1 Å². The number of nitrogens with one attached hydrogen (secondary N) is 1. The van der Waals surface area contributed by atoms with Gasteiger partial charge in [-0.1, -0.05) is 13.0 Å². The summed E-state index contributed by atoms with van der Waals surface area (Å²) in [5, 5.41) is 11.9. The van der Waals surface area contributed by atoms with Gasteiger partial charge in [0.1, 0.15) is 5.75 Å². The van der Waals surface area contributed by atoms with Gasteiger partial charge in [0.05, 0.1) is 18.2 Å². The Hall–Kier alpha value is -1.53. The molecule has 0 radical (unpaired) electrons. The van der Waals surface area contributed by atoms with Crippen molar-refractivity contribution in [3.63, 3.8) is 0 Å². The van der Waals surface area contributed by atoms with E-state index in [9.17, 15) is 0 Å². The van der Waals surface area contributed by atoms with Gasteiger partial charge in [-0.15, -0.1) is 0 Å². The summed E-state index contributed by atoms with van der Waals surface area (Å²) in [6, 6.07) is 9.31. The van der Waals surface area contributed by atoms with Gasteiger partial charge in [0, 0.05) is 0 Å². The summed E-state index contributed by atoms with van der Waals surface area (Å²) in [4.78, 5) is 0. The van der Waals surface area contributed by atoms with Gasteiger partial charge in [0.15, 0.2) is 0 Å². The molecule has 0 fully saturated rings. The molecule has 1 aromatic rings. The number of nitrogens with zero attached hydrogens (tertiary/aromatic N) is 1. The summed E-state index contributed by atoms with van der Waals surface area (Å²) in [6.45, 7) is 4.72. The molecule has 0 saturated heterocycles. The molecule has 1 aromatic carbocycles. The van der Waals surface area contributed by atoms with Gasteiger partial charge in [-0.05, 0) is 37.7 Å². The van der Waals surface area contributed by atoms with Crippen LogP contribution < -0.4 is 10.1 Å². The van der Waals surface area contributed by atoms with Crippen molar-refractivity contribution in [3.8, 4) is 11.8 Å². The minimum atomic E-state index is 0.638. The molecule has 0 aliphatic heterocycles. The molecule has 3 nitrogen and oxygen atoms in total. The van der Waals surface area contributed by atoms with Gasteiger partial charge < -0.3 is 10.1 Å². The van der Waals surface area contributed by atoms with E-state index in [1.165, 1.54) is 0 Å². The van der Waals surface area contributed by atoms with Crippen LogP contribution in [0.5, 0.6) is 5.75 Å². The van der Waals surface area contributed by atoms with Gasteiger partial charge in [-0.2, -0.15) is 5.26 Å². The monoisotopic (exact) mass is 204 g/mol. The number of hydrogen-bond acceptors (Lipinski definition) is 3. The molecular weight excluding hydrogens is 188 g/mol. The molecule has 0 bridgehead atoms. The third-order valence-corrected chi connectivity index (χ3v) is 1.98. The first kappa shape index (κ1) is 11.5. The molecule has 3 heteroatoms. The molecule has 0 heterocycles. The molecule has 0 aromatic heterocycles. The molecule has 0 aliphatic rings. The number of hydrogen-bond donors (Lipinski definition) is 1. The van der Waals surface area contributed by atoms with E-state index < -0.39 is 0 Å². The van der Waals surface area contributed by atoms with Crippen LogP contribution in [0, 0.1) is 11.3 Å². The van der Waals surface area contributed by atoms with Crippen molar-refractivity contribution in [2.75, 3.05) is 19.7 Å². The van der Waals surface area contributed by atoms with Crippen molar-refractivity contribution in [2.24, 2.45) is 0 Å². The number of nitriles is 1. The first-order valence-corrected chi connectivity index (χ1v) is 5.20. The highest BCUT2D eigenvalue weighted by Crippen LogP contribution is 2.12. The van der Waals surface area contributed by atoms with Crippen molar-refractivity contribution in [1.29, 1.82) is 5.26 Å². The normalized spacial score (nSPS) is 9.60. The van der Waals surface area contributed by atoms with E-state index in [-0.39, 0.29) is 0 Å². The summed E-state index contributed by atoms with van der Waals surface area (Å²) in [5.41, 5.74) is 0.638. The first-order chi connectivity index (χ1) is 7.36. The average molecular weight is 204 g/mol. The van der Waals surface area contributed by atoms with E-state index in [0.29, 0.717) is 12.2 Å². The fourth-order valence-corrected chi connectivity index (χ4v) is 1.22. The first-order valence-electron chi connectivity index (χ1n) is 5.20. The maximum Gasteiger partial charge on any atom is 0.120 e. The maximum atomic E-state index is 8.69. The van der Waals surface area contributed by atoms with Gasteiger partial charge >= 0.3 is 0 Å². The van der Waals surface area contributed by atoms with Crippen molar-refractivity contribution < 1.29 is 4.74 Å². The lowest BCUT2D eigenvalue weighted by atomic mass is 10.2. The fraction of sp³-hybridized carbons (Fsp3) is 0.417. The summed E-state index contributed by atoms with van der Waals surface area (Å²) < 4.78 is 5.50. The lowest BCUT2D eigenvalue weighted by Crippen LogP contribution is -2.16. The molecular formula is C12H16N2O. The predicted molar refractivity (Wildman–Crippen MR) is 59.8 cm³/mol. The number of ether oxygens (including phenoxy) is 1. The topological polar surface area (TPSA) is 45.0 Å². The van der Waals surface area contributed by atoms with Crippen LogP contribution in [0.1, 0.15) is 18.9 Å². The van der Waals surface area contributed by atoms with Crippen LogP contribution in [-0.4, -0.2) is 19.7 Å². The number of benzene rings is 1. The van der Waals surface area contributed by atoms with E-state index in [0.717, 1.165) is 25.3 Å². The van der Waals surface area contributed by atoms with E-state index in [1.807, 2.05) is 12.1 Å². The van der Waals surface area contributed by atoms with Crippen molar-refractivity contribution in [2.45, 2.75) is 13.3 Å². The van der Waals surface area contributed by atoms with Crippen LogP contribution >= 0.6 is 0 Å². The van der Waals surface area contributed by atoms with Crippen molar-refractivity contribution >= 4 is 0 Å². The summed E-state index contributed by atoms with van der Waals surface area (Å²) in [6.07, 6.45) is 0.977. The Morgan fingerprint density at radius 3 is 3.07 bits per heavy atom. The standard InChI is InChI=1S/C12H16N2O/c1-2-14-7-4-8-15-12-6-3-5-11(9-12)10-13/h3,5-6,9,14H,2,4,7-8H2,1H3. The quantitative estimate of drug-likeness (QED) is 0.720. The molecule has 80 valence electrons. The van der Waals surface area contributed by atoms with Crippen LogP contribution in [0.25, 0.3) is 0 Å². The third-order valence-electron chi connectivity index (χ3n) is 1.98. The molecule has 15 heavy (non-hydrogen) atoms. The van der Waals surface area contributed by atoms with Gasteiger partial charge in [0.25, 0.3) is 0 Å². The number of rotatable bonds is 6. The van der Waals surface area contributed by atoms with Crippen LogP contribution in [-0.2, 0) is 0 Å². The molecule has 1 N–H and O–H groups in total. The highest BCUT2D eigenvalue weighted by molar-refractivity contribution is 5.36. The lowest BCUT2D eigenvalue weighted by molar-refractivity contribution is 0.308. The zero-order valence-electron chi connectivity index (χ0n) is 8.99. The van der Waals surface area contributed by atoms with Crippen LogP contribution in [0.4, 0.5) is 0 Å². The van der Waals surface area contributed by atoms with E-state index in [2.05, 4.69) is 18.3 Å². The molecule has 0 amide bonds. The highest BCUT2D eigenvalue weighted by Gasteiger charge is 1.95. The summed E-state index contributed by atoms with van der Waals surface area (Å²) >= 11 is 0.